The average Bonchev–Trinajstić information content (AvgIpc) is 3.24. The zero-order chi connectivity index (χ0) is 17.8. The van der Waals surface area contributed by atoms with E-state index in [2.05, 4.69) is 20.4 Å². The molecule has 0 saturated carbocycles. The fourth-order valence-electron chi connectivity index (χ4n) is 1.98. The second kappa shape index (κ2) is 7.22. The van der Waals surface area contributed by atoms with Crippen LogP contribution in [0.15, 0.2) is 34.2 Å². The Morgan fingerprint density at radius 3 is 2.64 bits per heavy atom. The molecule has 0 fully saturated rings. The van der Waals surface area contributed by atoms with Crippen LogP contribution in [0, 0.1) is 6.92 Å². The van der Waals surface area contributed by atoms with E-state index in [0.29, 0.717) is 22.4 Å². The molecule has 2 heterocycles. The maximum Gasteiger partial charge on any atom is 0.357 e. The minimum atomic E-state index is -0.515. The number of ether oxygens (including phenoxy) is 1. The molecule has 25 heavy (non-hydrogen) atoms. The third-order valence-electron chi connectivity index (χ3n) is 3.13. The Kier molecular flexibility index (Phi) is 4.85. The lowest BCUT2D eigenvalue weighted by Gasteiger charge is -2.02. The van der Waals surface area contributed by atoms with Crippen molar-refractivity contribution < 1.29 is 18.8 Å². The van der Waals surface area contributed by atoms with Gasteiger partial charge < -0.3 is 9.26 Å². The maximum atomic E-state index is 12.3. The monoisotopic (exact) mass is 358 g/mol. The van der Waals surface area contributed by atoms with Gasteiger partial charge in [-0.3, -0.25) is 10.1 Å². The van der Waals surface area contributed by atoms with Crippen LogP contribution >= 0.6 is 11.3 Å². The van der Waals surface area contributed by atoms with Crippen LogP contribution in [0.4, 0.5) is 5.13 Å². The number of nitrogens with one attached hydrogen (secondary N) is 1. The normalized spacial score (nSPS) is 10.5. The quantitative estimate of drug-likeness (QED) is 0.699. The van der Waals surface area contributed by atoms with Crippen molar-refractivity contribution in [1.82, 2.24) is 15.1 Å². The molecule has 3 aromatic rings. The van der Waals surface area contributed by atoms with E-state index in [1.165, 1.54) is 5.38 Å². The van der Waals surface area contributed by atoms with E-state index in [4.69, 9.17) is 9.26 Å². The minimum absolute atomic E-state index is 0.171. The lowest BCUT2D eigenvalue weighted by molar-refractivity contribution is 0.0520. The lowest BCUT2D eigenvalue weighted by atomic mass is 10.1. The van der Waals surface area contributed by atoms with Gasteiger partial charge in [-0.2, -0.15) is 4.98 Å². The van der Waals surface area contributed by atoms with E-state index >= 15 is 0 Å². The van der Waals surface area contributed by atoms with Crippen LogP contribution in [0.5, 0.6) is 0 Å². The van der Waals surface area contributed by atoms with Crippen molar-refractivity contribution in [1.29, 1.82) is 0 Å². The summed E-state index contributed by atoms with van der Waals surface area (Å²) in [6, 6.07) is 6.72. The Labute approximate surface area is 146 Å². The van der Waals surface area contributed by atoms with Crippen LogP contribution < -0.4 is 5.32 Å². The zero-order valence-electron chi connectivity index (χ0n) is 13.5. The van der Waals surface area contributed by atoms with Crippen molar-refractivity contribution >= 4 is 28.3 Å². The lowest BCUT2D eigenvalue weighted by Crippen LogP contribution is -2.12. The van der Waals surface area contributed by atoms with Crippen LogP contribution in [0.3, 0.4) is 0 Å². The summed E-state index contributed by atoms with van der Waals surface area (Å²) >= 11 is 1.15. The van der Waals surface area contributed by atoms with Crippen molar-refractivity contribution in [2.45, 2.75) is 13.8 Å². The fraction of sp³-hybridized carbons (Fsp3) is 0.188. The van der Waals surface area contributed by atoms with Gasteiger partial charge in [0.25, 0.3) is 11.8 Å². The number of nitrogens with zero attached hydrogens (tertiary/aromatic N) is 3. The molecule has 1 amide bonds. The standard InChI is InChI=1S/C16H14N4O4S/c1-3-23-15(22)12-8-25-16(18-12)19-13(21)10-4-6-11(7-5-10)14-17-9(2)20-24-14/h4-8H,3H2,1-2H3,(H,18,19,21). The number of esters is 1. The van der Waals surface area contributed by atoms with Crippen LogP contribution in [0.25, 0.3) is 11.5 Å². The molecule has 0 atom stereocenters. The van der Waals surface area contributed by atoms with E-state index in [0.717, 1.165) is 16.9 Å². The van der Waals surface area contributed by atoms with Crippen LogP contribution in [0.2, 0.25) is 0 Å². The van der Waals surface area contributed by atoms with Gasteiger partial charge in [-0.1, -0.05) is 5.16 Å². The summed E-state index contributed by atoms with van der Waals surface area (Å²) in [4.78, 5) is 32.0. The van der Waals surface area contributed by atoms with Crippen LogP contribution in [-0.2, 0) is 4.74 Å². The van der Waals surface area contributed by atoms with Gasteiger partial charge >= 0.3 is 5.97 Å². The molecule has 128 valence electrons. The first-order valence-corrected chi connectivity index (χ1v) is 8.29. The summed E-state index contributed by atoms with van der Waals surface area (Å²) in [6.07, 6.45) is 0. The number of amides is 1. The SMILES string of the molecule is CCOC(=O)c1csc(NC(=O)c2ccc(-c3nc(C)no3)cc2)n1. The summed E-state index contributed by atoms with van der Waals surface area (Å²) in [6.45, 7) is 3.71. The Morgan fingerprint density at radius 1 is 1.24 bits per heavy atom. The molecule has 0 unspecified atom stereocenters. The summed E-state index contributed by atoms with van der Waals surface area (Å²) < 4.78 is 9.94. The molecule has 0 spiro atoms. The molecule has 0 bridgehead atoms. The Hall–Kier alpha value is -3.07. The highest BCUT2D eigenvalue weighted by atomic mass is 32.1. The molecule has 0 radical (unpaired) electrons. The molecule has 2 aromatic heterocycles. The number of carbonyl (C=O) groups is 2. The number of benzene rings is 1. The third kappa shape index (κ3) is 3.89. The Balaban J connectivity index is 1.68. The number of thiazole rings is 1. The zero-order valence-corrected chi connectivity index (χ0v) is 14.3. The molecule has 0 aliphatic heterocycles. The first-order chi connectivity index (χ1) is 12.1. The molecule has 0 saturated heterocycles. The van der Waals surface area contributed by atoms with E-state index in [9.17, 15) is 9.59 Å². The summed E-state index contributed by atoms with van der Waals surface area (Å²) in [5, 5.41) is 8.23. The number of hydrogen-bond donors (Lipinski definition) is 1. The van der Waals surface area contributed by atoms with Crippen molar-refractivity contribution in [3.63, 3.8) is 0 Å². The second-order valence-electron chi connectivity index (χ2n) is 4.94. The molecule has 0 aliphatic carbocycles. The van der Waals surface area contributed by atoms with Gasteiger partial charge in [0.1, 0.15) is 0 Å². The van der Waals surface area contributed by atoms with E-state index in [1.54, 1.807) is 38.1 Å². The number of hydrogen-bond acceptors (Lipinski definition) is 8. The third-order valence-corrected chi connectivity index (χ3v) is 3.89. The number of aromatic nitrogens is 3. The average molecular weight is 358 g/mol. The fourth-order valence-corrected chi connectivity index (χ4v) is 2.65. The van der Waals surface area contributed by atoms with Crippen molar-refractivity contribution in [2.24, 2.45) is 0 Å². The predicted molar refractivity (Wildman–Crippen MR) is 90.5 cm³/mol. The van der Waals surface area contributed by atoms with Crippen molar-refractivity contribution in [2.75, 3.05) is 11.9 Å². The van der Waals surface area contributed by atoms with Gasteiger partial charge in [0.2, 0.25) is 0 Å². The van der Waals surface area contributed by atoms with Gasteiger partial charge in [-0.15, -0.1) is 11.3 Å². The molecule has 9 heteroatoms. The molecule has 1 N–H and O–H groups in total. The highest BCUT2D eigenvalue weighted by Crippen LogP contribution is 2.20. The summed E-state index contributed by atoms with van der Waals surface area (Å²) in [7, 11) is 0. The Bertz CT molecular complexity index is 901. The number of carbonyl (C=O) groups excluding carboxylic acids is 2. The van der Waals surface area contributed by atoms with Crippen LogP contribution in [0.1, 0.15) is 33.6 Å². The molecule has 8 nitrogen and oxygen atoms in total. The van der Waals surface area contributed by atoms with Gasteiger partial charge in [0.15, 0.2) is 16.6 Å². The largest absolute Gasteiger partial charge is 0.461 e. The second-order valence-corrected chi connectivity index (χ2v) is 5.79. The number of anilines is 1. The van der Waals surface area contributed by atoms with E-state index < -0.39 is 5.97 Å². The smallest absolute Gasteiger partial charge is 0.357 e. The maximum absolute atomic E-state index is 12.3. The first kappa shape index (κ1) is 16.8. The van der Waals surface area contributed by atoms with Gasteiger partial charge in [-0.25, -0.2) is 9.78 Å². The highest BCUT2D eigenvalue weighted by Gasteiger charge is 2.14. The number of rotatable bonds is 5. The molecular weight excluding hydrogens is 344 g/mol. The summed E-state index contributed by atoms with van der Waals surface area (Å²) in [5.41, 5.74) is 1.33. The van der Waals surface area contributed by atoms with Gasteiger partial charge in [-0.05, 0) is 38.1 Å². The van der Waals surface area contributed by atoms with Crippen molar-refractivity contribution in [3.05, 3.63) is 46.7 Å². The number of aryl methyl sites for hydroxylation is 1. The Morgan fingerprint density at radius 2 is 2.00 bits per heavy atom. The van der Waals surface area contributed by atoms with E-state index in [-0.39, 0.29) is 18.2 Å². The molecule has 3 rings (SSSR count). The predicted octanol–water partition coefficient (Wildman–Crippen LogP) is 2.93. The minimum Gasteiger partial charge on any atom is -0.461 e. The van der Waals surface area contributed by atoms with Gasteiger partial charge in [0.05, 0.1) is 6.61 Å². The highest BCUT2D eigenvalue weighted by molar-refractivity contribution is 7.14. The van der Waals surface area contributed by atoms with Crippen molar-refractivity contribution in [3.8, 4) is 11.5 Å². The topological polar surface area (TPSA) is 107 Å². The van der Waals surface area contributed by atoms with E-state index in [1.807, 2.05) is 0 Å². The van der Waals surface area contributed by atoms with Crippen LogP contribution in [-0.4, -0.2) is 33.6 Å². The molecular formula is C16H14N4O4S. The molecule has 0 aliphatic rings. The first-order valence-electron chi connectivity index (χ1n) is 7.41. The van der Waals surface area contributed by atoms with Gasteiger partial charge in [0, 0.05) is 16.5 Å². The summed E-state index contributed by atoms with van der Waals surface area (Å²) in [5.74, 6) is 0.0814. The molecule has 1 aromatic carbocycles.